The standard InChI is InChI=1S/C27H30Cl2N2O3S/c1-17-6-10-24(11-7-17)35(33,34)31(15-22-8-9-23(28)14-26(22)29)16-27(32)30-21(5)25-13-19(3)18(2)12-20(25)4/h6-14,21H,15-16H2,1-5H3,(H,30,32). The lowest BCUT2D eigenvalue weighted by atomic mass is 9.96. The monoisotopic (exact) mass is 532 g/mol. The molecule has 3 aromatic carbocycles. The summed E-state index contributed by atoms with van der Waals surface area (Å²) in [7, 11) is -3.98. The summed E-state index contributed by atoms with van der Waals surface area (Å²) >= 11 is 12.3. The van der Waals surface area contributed by atoms with Crippen LogP contribution >= 0.6 is 23.2 Å². The van der Waals surface area contributed by atoms with Gasteiger partial charge in [0.25, 0.3) is 0 Å². The van der Waals surface area contributed by atoms with Crippen LogP contribution in [0.5, 0.6) is 0 Å². The molecule has 8 heteroatoms. The number of halogens is 2. The summed E-state index contributed by atoms with van der Waals surface area (Å²) in [5.41, 5.74) is 5.87. The van der Waals surface area contributed by atoms with Crippen LogP contribution in [0.4, 0.5) is 0 Å². The first-order valence-corrected chi connectivity index (χ1v) is 13.5. The molecule has 3 rings (SSSR count). The number of amides is 1. The predicted octanol–water partition coefficient (Wildman–Crippen LogP) is 6.30. The third-order valence-electron chi connectivity index (χ3n) is 6.07. The van der Waals surface area contributed by atoms with E-state index in [0.29, 0.717) is 15.6 Å². The number of sulfonamides is 1. The minimum Gasteiger partial charge on any atom is -0.348 e. The molecule has 1 N–H and O–H groups in total. The highest BCUT2D eigenvalue weighted by atomic mass is 35.5. The van der Waals surface area contributed by atoms with Gasteiger partial charge in [-0.2, -0.15) is 4.31 Å². The number of carbonyl (C=O) groups is 1. The minimum atomic E-state index is -3.98. The highest BCUT2D eigenvalue weighted by molar-refractivity contribution is 7.89. The van der Waals surface area contributed by atoms with E-state index in [1.54, 1.807) is 42.5 Å². The van der Waals surface area contributed by atoms with Crippen molar-refractivity contribution in [1.82, 2.24) is 9.62 Å². The fourth-order valence-corrected chi connectivity index (χ4v) is 5.74. The number of hydrogen-bond donors (Lipinski definition) is 1. The molecule has 1 atom stereocenters. The van der Waals surface area contributed by atoms with E-state index in [4.69, 9.17) is 23.2 Å². The second-order valence-corrected chi connectivity index (χ2v) is 11.7. The van der Waals surface area contributed by atoms with Crippen LogP contribution in [0.2, 0.25) is 10.0 Å². The van der Waals surface area contributed by atoms with Crippen molar-refractivity contribution in [3.63, 3.8) is 0 Å². The van der Waals surface area contributed by atoms with Gasteiger partial charge in [0, 0.05) is 16.6 Å². The van der Waals surface area contributed by atoms with Crippen LogP contribution in [0, 0.1) is 27.7 Å². The fraction of sp³-hybridized carbons (Fsp3) is 0.296. The summed E-state index contributed by atoms with van der Waals surface area (Å²) in [5.74, 6) is -0.407. The molecule has 0 bridgehead atoms. The van der Waals surface area contributed by atoms with Crippen LogP contribution in [0.1, 0.15) is 46.3 Å². The van der Waals surface area contributed by atoms with E-state index in [9.17, 15) is 13.2 Å². The lowest BCUT2D eigenvalue weighted by Gasteiger charge is -2.24. The average molecular weight is 534 g/mol. The Labute approximate surface area is 218 Å². The number of nitrogens with zero attached hydrogens (tertiary/aromatic N) is 1. The van der Waals surface area contributed by atoms with E-state index in [1.807, 2.05) is 34.6 Å². The zero-order chi connectivity index (χ0) is 25.9. The van der Waals surface area contributed by atoms with Crippen molar-refractivity contribution in [3.8, 4) is 0 Å². The summed E-state index contributed by atoms with van der Waals surface area (Å²) in [5, 5.41) is 3.74. The first kappa shape index (κ1) is 27.2. The van der Waals surface area contributed by atoms with Crippen molar-refractivity contribution in [2.24, 2.45) is 0 Å². The molecule has 0 aliphatic rings. The number of aryl methyl sites for hydroxylation is 4. The number of hydrogen-bond acceptors (Lipinski definition) is 3. The van der Waals surface area contributed by atoms with Crippen LogP contribution < -0.4 is 5.32 Å². The van der Waals surface area contributed by atoms with E-state index >= 15 is 0 Å². The number of benzene rings is 3. The SMILES string of the molecule is Cc1ccc(S(=O)(=O)N(CC(=O)NC(C)c2cc(C)c(C)cc2C)Cc2ccc(Cl)cc2Cl)cc1. The molecule has 0 aromatic heterocycles. The topological polar surface area (TPSA) is 66.5 Å². The van der Waals surface area contributed by atoms with Gasteiger partial charge in [-0.25, -0.2) is 8.42 Å². The molecular formula is C27H30Cl2N2O3S. The van der Waals surface area contributed by atoms with Gasteiger partial charge in [0.05, 0.1) is 17.5 Å². The molecule has 0 spiro atoms. The van der Waals surface area contributed by atoms with Crippen LogP contribution in [0.25, 0.3) is 0 Å². The van der Waals surface area contributed by atoms with Gasteiger partial charge >= 0.3 is 0 Å². The van der Waals surface area contributed by atoms with Crippen molar-refractivity contribution >= 4 is 39.1 Å². The van der Waals surface area contributed by atoms with Crippen LogP contribution in [0.3, 0.4) is 0 Å². The van der Waals surface area contributed by atoms with E-state index in [-0.39, 0.29) is 24.0 Å². The lowest BCUT2D eigenvalue weighted by Crippen LogP contribution is -2.41. The highest BCUT2D eigenvalue weighted by Gasteiger charge is 2.28. The summed E-state index contributed by atoms with van der Waals surface area (Å²) in [4.78, 5) is 13.2. The molecule has 0 saturated carbocycles. The normalized spacial score (nSPS) is 12.6. The van der Waals surface area contributed by atoms with Crippen molar-refractivity contribution in [2.45, 2.75) is 52.1 Å². The van der Waals surface area contributed by atoms with E-state index in [0.717, 1.165) is 26.6 Å². The Hall–Kier alpha value is -2.38. The molecule has 0 saturated heterocycles. The first-order chi connectivity index (χ1) is 16.4. The van der Waals surface area contributed by atoms with E-state index in [2.05, 4.69) is 17.4 Å². The molecule has 0 aliphatic heterocycles. The van der Waals surface area contributed by atoms with Crippen molar-refractivity contribution in [1.29, 1.82) is 0 Å². The fourth-order valence-electron chi connectivity index (χ4n) is 3.90. The van der Waals surface area contributed by atoms with Gasteiger partial charge in [-0.15, -0.1) is 0 Å². The van der Waals surface area contributed by atoms with Gasteiger partial charge in [0.2, 0.25) is 15.9 Å². The second kappa shape index (κ2) is 11.1. The third-order valence-corrected chi connectivity index (χ3v) is 8.46. The highest BCUT2D eigenvalue weighted by Crippen LogP contribution is 2.26. The molecule has 1 amide bonds. The largest absolute Gasteiger partial charge is 0.348 e. The van der Waals surface area contributed by atoms with Gasteiger partial charge in [-0.05, 0) is 86.7 Å². The lowest BCUT2D eigenvalue weighted by molar-refractivity contribution is -0.122. The Balaban J connectivity index is 1.89. The molecular weight excluding hydrogens is 503 g/mol. The molecule has 0 aliphatic carbocycles. The summed E-state index contributed by atoms with van der Waals surface area (Å²) in [6.07, 6.45) is 0. The second-order valence-electron chi connectivity index (χ2n) is 8.90. The molecule has 1 unspecified atom stereocenters. The molecule has 0 fully saturated rings. The number of carbonyl (C=O) groups excluding carboxylic acids is 1. The third kappa shape index (κ3) is 6.64. The van der Waals surface area contributed by atoms with Crippen LogP contribution in [0.15, 0.2) is 59.5 Å². The zero-order valence-electron chi connectivity index (χ0n) is 20.5. The Morgan fingerprint density at radius 1 is 0.914 bits per heavy atom. The molecule has 5 nitrogen and oxygen atoms in total. The Bertz CT molecular complexity index is 1340. The van der Waals surface area contributed by atoms with E-state index in [1.165, 1.54) is 5.56 Å². The first-order valence-electron chi connectivity index (χ1n) is 11.3. The van der Waals surface area contributed by atoms with Gasteiger partial charge in [-0.3, -0.25) is 4.79 Å². The van der Waals surface area contributed by atoms with Crippen LogP contribution in [-0.2, 0) is 21.4 Å². The maximum absolute atomic E-state index is 13.5. The Morgan fingerprint density at radius 2 is 1.54 bits per heavy atom. The Morgan fingerprint density at radius 3 is 2.17 bits per heavy atom. The summed E-state index contributed by atoms with van der Waals surface area (Å²) in [6, 6.07) is 15.3. The maximum Gasteiger partial charge on any atom is 0.243 e. The average Bonchev–Trinajstić information content (AvgIpc) is 2.77. The molecule has 186 valence electrons. The summed E-state index contributed by atoms with van der Waals surface area (Å²) < 4.78 is 28.2. The quantitative estimate of drug-likeness (QED) is 0.370. The van der Waals surface area contributed by atoms with Crippen LogP contribution in [-0.4, -0.2) is 25.2 Å². The maximum atomic E-state index is 13.5. The molecule has 3 aromatic rings. The Kier molecular flexibility index (Phi) is 8.65. The predicted molar refractivity (Wildman–Crippen MR) is 142 cm³/mol. The molecule has 0 heterocycles. The number of nitrogens with one attached hydrogen (secondary N) is 1. The van der Waals surface area contributed by atoms with Crippen molar-refractivity contribution < 1.29 is 13.2 Å². The minimum absolute atomic E-state index is 0.0727. The van der Waals surface area contributed by atoms with Gasteiger partial charge in [0.1, 0.15) is 0 Å². The smallest absolute Gasteiger partial charge is 0.243 e. The molecule has 35 heavy (non-hydrogen) atoms. The van der Waals surface area contributed by atoms with Gasteiger partial charge in [-0.1, -0.05) is 59.1 Å². The zero-order valence-corrected chi connectivity index (χ0v) is 22.9. The van der Waals surface area contributed by atoms with Crippen molar-refractivity contribution in [3.05, 3.63) is 98.0 Å². The van der Waals surface area contributed by atoms with Gasteiger partial charge in [0.15, 0.2) is 0 Å². The van der Waals surface area contributed by atoms with Crippen molar-refractivity contribution in [2.75, 3.05) is 6.54 Å². The molecule has 0 radical (unpaired) electrons. The van der Waals surface area contributed by atoms with Gasteiger partial charge < -0.3 is 5.32 Å². The summed E-state index contributed by atoms with van der Waals surface area (Å²) in [6.45, 7) is 9.42. The van der Waals surface area contributed by atoms with E-state index < -0.39 is 15.9 Å². The number of rotatable bonds is 8.